The molecule has 1 N–H and O–H groups in total. The molecule has 0 heterocycles. The molecule has 0 bridgehead atoms. The second kappa shape index (κ2) is 6.71. The molecule has 0 aromatic heterocycles. The number of aryl methyl sites for hydroxylation is 3. The summed E-state index contributed by atoms with van der Waals surface area (Å²) in [6, 6.07) is 16.0. The molecule has 1 atom stereocenters. The van der Waals surface area contributed by atoms with Crippen LogP contribution in [-0.4, -0.2) is 7.05 Å². The second-order valence-corrected chi connectivity index (χ2v) is 5.57. The molecule has 0 saturated carbocycles. The molecule has 1 nitrogen and oxygen atoms in total. The molecule has 0 radical (unpaired) electrons. The molecule has 0 aliphatic carbocycles. The van der Waals surface area contributed by atoms with E-state index in [1.165, 1.54) is 27.8 Å². The van der Waals surface area contributed by atoms with Gasteiger partial charge in [0, 0.05) is 6.04 Å². The highest BCUT2D eigenvalue weighted by Gasteiger charge is 2.12. The van der Waals surface area contributed by atoms with E-state index in [9.17, 15) is 0 Å². The Morgan fingerprint density at radius 1 is 1.05 bits per heavy atom. The van der Waals surface area contributed by atoms with Crippen LogP contribution in [0.5, 0.6) is 0 Å². The van der Waals surface area contributed by atoms with Gasteiger partial charge < -0.3 is 5.32 Å². The Labute approximate surface area is 123 Å². The Hall–Kier alpha value is -1.60. The highest BCUT2D eigenvalue weighted by Crippen LogP contribution is 2.22. The molecular weight excluding hydrogens is 242 g/mol. The fourth-order valence-electron chi connectivity index (χ4n) is 2.66. The van der Waals surface area contributed by atoms with E-state index >= 15 is 0 Å². The van der Waals surface area contributed by atoms with E-state index in [2.05, 4.69) is 75.6 Å². The Morgan fingerprint density at radius 3 is 2.55 bits per heavy atom. The van der Waals surface area contributed by atoms with Crippen LogP contribution >= 0.6 is 0 Å². The molecule has 106 valence electrons. The van der Waals surface area contributed by atoms with Crippen molar-refractivity contribution >= 4 is 0 Å². The Morgan fingerprint density at radius 2 is 1.85 bits per heavy atom. The maximum atomic E-state index is 3.46. The number of hydrogen-bond donors (Lipinski definition) is 1. The maximum absolute atomic E-state index is 3.46. The first kappa shape index (κ1) is 14.8. The first-order chi connectivity index (χ1) is 9.63. The highest BCUT2D eigenvalue weighted by atomic mass is 14.9. The van der Waals surface area contributed by atoms with Crippen LogP contribution in [0.1, 0.15) is 40.8 Å². The Bertz CT molecular complexity index is 572. The number of rotatable bonds is 5. The van der Waals surface area contributed by atoms with Gasteiger partial charge in [0.2, 0.25) is 0 Å². The number of hydrogen-bond acceptors (Lipinski definition) is 1. The summed E-state index contributed by atoms with van der Waals surface area (Å²) in [5.41, 5.74) is 6.94. The molecule has 0 saturated heterocycles. The average molecular weight is 267 g/mol. The summed E-state index contributed by atoms with van der Waals surface area (Å²) < 4.78 is 0. The maximum Gasteiger partial charge on any atom is 0.0358 e. The third-order valence-electron chi connectivity index (χ3n) is 4.04. The summed E-state index contributed by atoms with van der Waals surface area (Å²) in [5, 5.41) is 3.46. The Kier molecular flexibility index (Phi) is 4.97. The normalized spacial score (nSPS) is 12.4. The summed E-state index contributed by atoms with van der Waals surface area (Å²) in [7, 11) is 2.05. The molecule has 1 unspecified atom stereocenters. The molecule has 0 fully saturated rings. The average Bonchev–Trinajstić information content (AvgIpc) is 2.48. The summed E-state index contributed by atoms with van der Waals surface area (Å²) in [5.74, 6) is 0. The zero-order valence-corrected chi connectivity index (χ0v) is 13.0. The van der Waals surface area contributed by atoms with E-state index < -0.39 is 0 Å². The molecule has 2 aromatic carbocycles. The van der Waals surface area contributed by atoms with E-state index in [0.29, 0.717) is 6.04 Å². The van der Waals surface area contributed by atoms with Gasteiger partial charge in [-0.25, -0.2) is 0 Å². The predicted octanol–water partition coefficient (Wildman–Crippen LogP) is 4.37. The van der Waals surface area contributed by atoms with Crippen LogP contribution in [0.4, 0.5) is 0 Å². The minimum absolute atomic E-state index is 0.377. The first-order valence-corrected chi connectivity index (χ1v) is 7.46. The molecule has 0 aliphatic rings. The van der Waals surface area contributed by atoms with Crippen LogP contribution < -0.4 is 5.32 Å². The van der Waals surface area contributed by atoms with E-state index in [1.54, 1.807) is 0 Å². The molecule has 0 spiro atoms. The lowest BCUT2D eigenvalue weighted by molar-refractivity contribution is 0.590. The minimum atomic E-state index is 0.377. The van der Waals surface area contributed by atoms with Crippen LogP contribution in [0.25, 0.3) is 0 Å². The van der Waals surface area contributed by atoms with Gasteiger partial charge in [0.15, 0.2) is 0 Å². The van der Waals surface area contributed by atoms with E-state index in [1.807, 2.05) is 0 Å². The fraction of sp³-hybridized carbons (Fsp3) is 0.368. The lowest BCUT2D eigenvalue weighted by atomic mass is 9.94. The lowest BCUT2D eigenvalue weighted by Gasteiger charge is -2.19. The number of likely N-dealkylation sites (N-methyl/N-ethyl adjacent to an activating group) is 1. The van der Waals surface area contributed by atoms with Gasteiger partial charge in [0.25, 0.3) is 0 Å². The third-order valence-corrected chi connectivity index (χ3v) is 4.04. The third kappa shape index (κ3) is 3.49. The van der Waals surface area contributed by atoms with Crippen molar-refractivity contribution in [3.8, 4) is 0 Å². The van der Waals surface area contributed by atoms with E-state index in [-0.39, 0.29) is 0 Å². The molecule has 1 heteroatoms. The van der Waals surface area contributed by atoms with Gasteiger partial charge in [-0.3, -0.25) is 0 Å². The van der Waals surface area contributed by atoms with Gasteiger partial charge in [-0.15, -0.1) is 0 Å². The smallest absolute Gasteiger partial charge is 0.0358 e. The standard InChI is InChI=1S/C19H25N/c1-5-16-7-6-8-17(12-16)19(20-4)13-18-11-14(2)9-10-15(18)3/h6-12,19-20H,5,13H2,1-4H3. The quantitative estimate of drug-likeness (QED) is 0.848. The lowest BCUT2D eigenvalue weighted by Crippen LogP contribution is -2.19. The van der Waals surface area contributed by atoms with Crippen molar-refractivity contribution in [1.29, 1.82) is 0 Å². The van der Waals surface area contributed by atoms with E-state index in [0.717, 1.165) is 12.8 Å². The van der Waals surface area contributed by atoms with Crippen molar-refractivity contribution in [1.82, 2.24) is 5.32 Å². The van der Waals surface area contributed by atoms with Gasteiger partial charge >= 0.3 is 0 Å². The summed E-state index contributed by atoms with van der Waals surface area (Å²) in [4.78, 5) is 0. The van der Waals surface area contributed by atoms with Crippen molar-refractivity contribution < 1.29 is 0 Å². The Balaban J connectivity index is 2.26. The van der Waals surface area contributed by atoms with Crippen molar-refractivity contribution in [2.45, 2.75) is 39.7 Å². The van der Waals surface area contributed by atoms with Gasteiger partial charge in [-0.05, 0) is 56.0 Å². The predicted molar refractivity (Wildman–Crippen MR) is 87.2 cm³/mol. The highest BCUT2D eigenvalue weighted by molar-refractivity contribution is 5.33. The molecule has 0 amide bonds. The van der Waals surface area contributed by atoms with Crippen LogP contribution in [0.15, 0.2) is 42.5 Å². The van der Waals surface area contributed by atoms with Crippen molar-refractivity contribution in [2.24, 2.45) is 0 Å². The molecule has 2 rings (SSSR count). The van der Waals surface area contributed by atoms with Crippen LogP contribution in [0, 0.1) is 13.8 Å². The van der Waals surface area contributed by atoms with Gasteiger partial charge in [0.1, 0.15) is 0 Å². The fourth-order valence-corrected chi connectivity index (χ4v) is 2.66. The van der Waals surface area contributed by atoms with Gasteiger partial charge in [0.05, 0.1) is 0 Å². The summed E-state index contributed by atoms with van der Waals surface area (Å²) in [6.45, 7) is 6.57. The SMILES string of the molecule is CCc1cccc(C(Cc2cc(C)ccc2C)NC)c1. The van der Waals surface area contributed by atoms with Crippen LogP contribution in [0.3, 0.4) is 0 Å². The topological polar surface area (TPSA) is 12.0 Å². The molecule has 20 heavy (non-hydrogen) atoms. The van der Waals surface area contributed by atoms with Gasteiger partial charge in [-0.2, -0.15) is 0 Å². The molecule has 0 aliphatic heterocycles. The number of benzene rings is 2. The monoisotopic (exact) mass is 267 g/mol. The van der Waals surface area contributed by atoms with Crippen molar-refractivity contribution in [3.63, 3.8) is 0 Å². The number of nitrogens with one attached hydrogen (secondary N) is 1. The molecular formula is C19H25N. The van der Waals surface area contributed by atoms with Crippen LogP contribution in [-0.2, 0) is 12.8 Å². The summed E-state index contributed by atoms with van der Waals surface area (Å²) in [6.07, 6.45) is 2.13. The minimum Gasteiger partial charge on any atom is -0.313 e. The van der Waals surface area contributed by atoms with E-state index in [4.69, 9.17) is 0 Å². The van der Waals surface area contributed by atoms with Gasteiger partial charge in [-0.1, -0.05) is 55.0 Å². The van der Waals surface area contributed by atoms with Crippen LogP contribution in [0.2, 0.25) is 0 Å². The zero-order chi connectivity index (χ0) is 14.5. The summed E-state index contributed by atoms with van der Waals surface area (Å²) >= 11 is 0. The molecule has 2 aromatic rings. The van der Waals surface area contributed by atoms with Crippen molar-refractivity contribution in [3.05, 3.63) is 70.3 Å². The first-order valence-electron chi connectivity index (χ1n) is 7.46. The second-order valence-electron chi connectivity index (χ2n) is 5.57. The zero-order valence-electron chi connectivity index (χ0n) is 13.0. The largest absolute Gasteiger partial charge is 0.313 e. The van der Waals surface area contributed by atoms with Crippen molar-refractivity contribution in [2.75, 3.05) is 7.05 Å².